The highest BCUT2D eigenvalue weighted by Gasteiger charge is 2.33. The minimum Gasteiger partial charge on any atom is -0.339 e. The predicted octanol–water partition coefficient (Wildman–Crippen LogP) is 1.87. The highest BCUT2D eigenvalue weighted by atomic mass is 16.2. The molecule has 1 amide bonds. The van der Waals surface area contributed by atoms with Crippen molar-refractivity contribution in [3.8, 4) is 0 Å². The van der Waals surface area contributed by atoms with Crippen molar-refractivity contribution < 1.29 is 4.79 Å². The molecule has 6 heteroatoms. The number of benzene rings is 2. The minimum atomic E-state index is -0.859. The molecule has 26 heavy (non-hydrogen) atoms. The van der Waals surface area contributed by atoms with Gasteiger partial charge in [0.15, 0.2) is 0 Å². The molecule has 132 valence electrons. The summed E-state index contributed by atoms with van der Waals surface area (Å²) >= 11 is 0. The molecule has 1 aliphatic rings. The molecule has 0 bridgehead atoms. The topological polar surface area (TPSA) is 75.2 Å². The van der Waals surface area contributed by atoms with Crippen LogP contribution in [0, 0.1) is 13.8 Å². The van der Waals surface area contributed by atoms with Crippen molar-refractivity contribution in [2.75, 3.05) is 7.05 Å². The van der Waals surface area contributed by atoms with Crippen LogP contribution in [0.25, 0.3) is 11.0 Å². The van der Waals surface area contributed by atoms with E-state index in [1.54, 1.807) is 11.9 Å². The molecule has 0 fully saturated rings. The fourth-order valence-corrected chi connectivity index (χ4v) is 3.73. The SMILES string of the molecule is Cc1cc2[nH]c(=O)c(=O)n3c2c(c1C)CN(C)C(=O)C3c1ccccc1. The Morgan fingerprint density at radius 1 is 1.08 bits per heavy atom. The molecule has 0 saturated carbocycles. The highest BCUT2D eigenvalue weighted by molar-refractivity contribution is 5.90. The van der Waals surface area contributed by atoms with E-state index in [0.717, 1.165) is 16.7 Å². The number of nitrogens with zero attached hydrogens (tertiary/aromatic N) is 2. The second-order valence-electron chi connectivity index (χ2n) is 6.83. The van der Waals surface area contributed by atoms with E-state index in [-0.39, 0.29) is 5.91 Å². The van der Waals surface area contributed by atoms with Crippen LogP contribution < -0.4 is 11.1 Å². The number of aryl methyl sites for hydroxylation is 1. The molecule has 0 saturated heterocycles. The molecule has 6 nitrogen and oxygen atoms in total. The summed E-state index contributed by atoms with van der Waals surface area (Å²) in [6, 6.07) is 10.1. The number of H-pyrrole nitrogens is 1. The van der Waals surface area contributed by atoms with Crippen molar-refractivity contribution >= 4 is 16.9 Å². The second-order valence-corrected chi connectivity index (χ2v) is 6.83. The Morgan fingerprint density at radius 2 is 1.77 bits per heavy atom. The Kier molecular flexibility index (Phi) is 3.57. The number of carbonyl (C=O) groups excluding carboxylic acids is 1. The molecule has 0 radical (unpaired) electrons. The molecule has 0 spiro atoms. The van der Waals surface area contributed by atoms with Gasteiger partial charge < -0.3 is 9.88 Å². The minimum absolute atomic E-state index is 0.210. The average Bonchev–Trinajstić information content (AvgIpc) is 2.74. The second kappa shape index (κ2) is 5.69. The zero-order valence-electron chi connectivity index (χ0n) is 14.9. The summed E-state index contributed by atoms with van der Waals surface area (Å²) in [6.45, 7) is 4.32. The summed E-state index contributed by atoms with van der Waals surface area (Å²) in [5.41, 5.74) is 3.39. The van der Waals surface area contributed by atoms with Crippen molar-refractivity contribution in [3.63, 3.8) is 0 Å². The lowest BCUT2D eigenvalue weighted by Crippen LogP contribution is -2.42. The number of rotatable bonds is 1. The number of hydrogen-bond acceptors (Lipinski definition) is 3. The standard InChI is InChI=1S/C20H19N3O3/c1-11-9-15-17-14(12(11)2)10-22(3)19(25)16(13-7-5-4-6-8-13)23(17)20(26)18(24)21-15/h4-9,16H,10H2,1-3H3,(H,21,24). The van der Waals surface area contributed by atoms with Crippen LogP contribution in [-0.2, 0) is 11.3 Å². The first-order valence-electron chi connectivity index (χ1n) is 8.47. The van der Waals surface area contributed by atoms with Crippen LogP contribution in [0.3, 0.4) is 0 Å². The molecule has 1 aromatic heterocycles. The van der Waals surface area contributed by atoms with Gasteiger partial charge in [0.05, 0.1) is 11.0 Å². The number of nitrogens with one attached hydrogen (secondary N) is 1. The van der Waals surface area contributed by atoms with Crippen LogP contribution in [0.15, 0.2) is 46.0 Å². The van der Waals surface area contributed by atoms with Gasteiger partial charge in [-0.3, -0.25) is 19.0 Å². The van der Waals surface area contributed by atoms with E-state index in [9.17, 15) is 14.4 Å². The van der Waals surface area contributed by atoms with Crippen molar-refractivity contribution in [3.05, 3.63) is 79.4 Å². The first kappa shape index (κ1) is 16.3. The average molecular weight is 349 g/mol. The Morgan fingerprint density at radius 3 is 2.46 bits per heavy atom. The van der Waals surface area contributed by atoms with Crippen molar-refractivity contribution in [2.24, 2.45) is 0 Å². The number of aromatic amines is 1. The fourth-order valence-electron chi connectivity index (χ4n) is 3.73. The van der Waals surface area contributed by atoms with Crippen LogP contribution in [0.4, 0.5) is 0 Å². The highest BCUT2D eigenvalue weighted by Crippen LogP contribution is 2.32. The first-order valence-corrected chi connectivity index (χ1v) is 8.47. The van der Waals surface area contributed by atoms with Gasteiger partial charge in [-0.2, -0.15) is 0 Å². The van der Waals surface area contributed by atoms with Crippen LogP contribution in [0.1, 0.15) is 28.3 Å². The van der Waals surface area contributed by atoms with E-state index in [4.69, 9.17) is 0 Å². The third kappa shape index (κ3) is 2.22. The molecule has 1 unspecified atom stereocenters. The Bertz CT molecular complexity index is 1160. The van der Waals surface area contributed by atoms with Gasteiger partial charge >= 0.3 is 11.1 Å². The van der Waals surface area contributed by atoms with Crippen LogP contribution >= 0.6 is 0 Å². The Balaban J connectivity index is 2.22. The number of likely N-dealkylation sites (N-methyl/N-ethyl adjacent to an activating group) is 1. The van der Waals surface area contributed by atoms with Crippen molar-refractivity contribution in [2.45, 2.75) is 26.4 Å². The molecule has 0 aliphatic carbocycles. The van der Waals surface area contributed by atoms with E-state index in [0.29, 0.717) is 23.1 Å². The quantitative estimate of drug-likeness (QED) is 0.682. The first-order chi connectivity index (χ1) is 12.4. The lowest BCUT2D eigenvalue weighted by molar-refractivity contribution is -0.132. The summed E-state index contributed by atoms with van der Waals surface area (Å²) in [5.74, 6) is -0.210. The van der Waals surface area contributed by atoms with Gasteiger partial charge in [0.1, 0.15) is 6.04 Å². The van der Waals surface area contributed by atoms with Crippen LogP contribution in [-0.4, -0.2) is 27.4 Å². The summed E-state index contributed by atoms with van der Waals surface area (Å²) in [7, 11) is 1.73. The maximum Gasteiger partial charge on any atom is 0.317 e. The zero-order valence-corrected chi connectivity index (χ0v) is 14.9. The summed E-state index contributed by atoms with van der Waals surface area (Å²) in [5, 5.41) is 0. The molecule has 4 rings (SSSR count). The van der Waals surface area contributed by atoms with Gasteiger partial charge in [0, 0.05) is 19.2 Å². The smallest absolute Gasteiger partial charge is 0.317 e. The van der Waals surface area contributed by atoms with Crippen LogP contribution in [0.5, 0.6) is 0 Å². The number of amides is 1. The Hall–Kier alpha value is -3.15. The van der Waals surface area contributed by atoms with E-state index < -0.39 is 17.2 Å². The van der Waals surface area contributed by atoms with E-state index in [1.807, 2.05) is 50.2 Å². The summed E-state index contributed by atoms with van der Waals surface area (Å²) < 4.78 is 1.37. The fraction of sp³-hybridized carbons (Fsp3) is 0.250. The molecule has 2 heterocycles. The number of aromatic nitrogens is 2. The van der Waals surface area contributed by atoms with Crippen molar-refractivity contribution in [1.29, 1.82) is 0 Å². The third-order valence-electron chi connectivity index (χ3n) is 5.23. The van der Waals surface area contributed by atoms with Crippen molar-refractivity contribution in [1.82, 2.24) is 14.5 Å². The van der Waals surface area contributed by atoms with Gasteiger partial charge in [-0.25, -0.2) is 0 Å². The molecule has 3 aromatic rings. The maximum absolute atomic E-state index is 13.2. The zero-order chi connectivity index (χ0) is 18.6. The monoisotopic (exact) mass is 349 g/mol. The van der Waals surface area contributed by atoms with E-state index >= 15 is 0 Å². The maximum atomic E-state index is 13.2. The van der Waals surface area contributed by atoms with Gasteiger partial charge in [-0.1, -0.05) is 30.3 Å². The summed E-state index contributed by atoms with van der Waals surface area (Å²) in [6.07, 6.45) is 0. The normalized spacial score (nSPS) is 16.8. The predicted molar refractivity (Wildman–Crippen MR) is 99.4 cm³/mol. The Labute approximate surface area is 149 Å². The van der Waals surface area contributed by atoms with Crippen LogP contribution in [0.2, 0.25) is 0 Å². The van der Waals surface area contributed by atoms with E-state index in [2.05, 4.69) is 4.98 Å². The summed E-state index contributed by atoms with van der Waals surface area (Å²) in [4.78, 5) is 42.6. The van der Waals surface area contributed by atoms with Gasteiger partial charge in [0.2, 0.25) is 5.91 Å². The molecule has 1 N–H and O–H groups in total. The molecule has 2 aromatic carbocycles. The molecule has 1 atom stereocenters. The lowest BCUT2D eigenvalue weighted by atomic mass is 10.0. The molecular formula is C20H19N3O3. The number of carbonyl (C=O) groups is 1. The van der Waals surface area contributed by atoms with Gasteiger partial charge in [-0.05, 0) is 36.6 Å². The van der Waals surface area contributed by atoms with E-state index in [1.165, 1.54) is 4.57 Å². The third-order valence-corrected chi connectivity index (χ3v) is 5.23. The largest absolute Gasteiger partial charge is 0.339 e. The lowest BCUT2D eigenvalue weighted by Gasteiger charge is -2.22. The molecular weight excluding hydrogens is 330 g/mol. The molecule has 1 aliphatic heterocycles. The van der Waals surface area contributed by atoms with Gasteiger partial charge in [-0.15, -0.1) is 0 Å². The number of hydrogen-bond donors (Lipinski definition) is 1. The van der Waals surface area contributed by atoms with Gasteiger partial charge in [0.25, 0.3) is 0 Å².